The van der Waals surface area contributed by atoms with Gasteiger partial charge in [0.25, 0.3) is 0 Å². The quantitative estimate of drug-likeness (QED) is 0.857. The molecule has 0 saturated carbocycles. The van der Waals surface area contributed by atoms with E-state index in [0.29, 0.717) is 17.9 Å². The van der Waals surface area contributed by atoms with E-state index in [2.05, 4.69) is 16.7 Å². The Balaban J connectivity index is 1.82. The van der Waals surface area contributed by atoms with E-state index >= 15 is 0 Å². The van der Waals surface area contributed by atoms with E-state index in [4.69, 9.17) is 0 Å². The highest BCUT2D eigenvalue weighted by atomic mass is 16.2. The summed E-state index contributed by atoms with van der Waals surface area (Å²) in [7, 11) is 0. The molecule has 25 heavy (non-hydrogen) atoms. The van der Waals surface area contributed by atoms with Gasteiger partial charge in [0.2, 0.25) is 5.91 Å². The van der Waals surface area contributed by atoms with Crippen molar-refractivity contribution in [3.8, 4) is 0 Å². The van der Waals surface area contributed by atoms with Crippen molar-refractivity contribution in [1.82, 2.24) is 0 Å². The lowest BCUT2D eigenvalue weighted by molar-refractivity contribution is -0.114. The molecule has 1 aliphatic rings. The Labute approximate surface area is 148 Å². The number of carbonyl (C=O) groups is 2. The van der Waals surface area contributed by atoms with Crippen molar-refractivity contribution in [1.29, 1.82) is 0 Å². The molecule has 3 amide bonds. The number of anilines is 3. The molecule has 0 bridgehead atoms. The van der Waals surface area contributed by atoms with Crippen molar-refractivity contribution < 1.29 is 9.59 Å². The number of amides is 3. The molecular weight excluding hydrogens is 314 g/mol. The smallest absolute Gasteiger partial charge is 0.326 e. The van der Waals surface area contributed by atoms with Gasteiger partial charge in [0.1, 0.15) is 0 Å². The zero-order valence-corrected chi connectivity index (χ0v) is 14.6. The molecule has 0 fully saturated rings. The van der Waals surface area contributed by atoms with E-state index in [1.807, 2.05) is 37.3 Å². The van der Waals surface area contributed by atoms with Crippen LogP contribution in [-0.4, -0.2) is 18.5 Å². The lowest BCUT2D eigenvalue weighted by Crippen LogP contribution is -2.35. The maximum atomic E-state index is 12.8. The van der Waals surface area contributed by atoms with Gasteiger partial charge in [-0.25, -0.2) is 4.79 Å². The summed E-state index contributed by atoms with van der Waals surface area (Å²) >= 11 is 0. The van der Waals surface area contributed by atoms with Crippen LogP contribution in [0.3, 0.4) is 0 Å². The van der Waals surface area contributed by atoms with Gasteiger partial charge in [0.15, 0.2) is 0 Å². The molecule has 0 radical (unpaired) electrons. The molecule has 0 unspecified atom stereocenters. The fraction of sp³-hybridized carbons (Fsp3) is 0.300. The molecule has 0 saturated heterocycles. The number of rotatable bonds is 2. The Hall–Kier alpha value is -2.82. The molecule has 2 aromatic carbocycles. The van der Waals surface area contributed by atoms with Gasteiger partial charge in [-0.15, -0.1) is 0 Å². The van der Waals surface area contributed by atoms with Gasteiger partial charge >= 0.3 is 6.03 Å². The highest BCUT2D eigenvalue weighted by molar-refractivity contribution is 6.03. The largest absolute Gasteiger partial charge is 0.326 e. The zero-order chi connectivity index (χ0) is 17.8. The minimum absolute atomic E-state index is 0.131. The number of nitrogens with one attached hydrogen (secondary N) is 2. The molecule has 5 heteroatoms. The van der Waals surface area contributed by atoms with Gasteiger partial charge in [-0.1, -0.05) is 24.3 Å². The highest BCUT2D eigenvalue weighted by Gasteiger charge is 2.21. The number of aryl methyl sites for hydroxylation is 2. The third-order valence-electron chi connectivity index (χ3n) is 4.40. The van der Waals surface area contributed by atoms with Crippen molar-refractivity contribution >= 4 is 29.0 Å². The van der Waals surface area contributed by atoms with E-state index < -0.39 is 0 Å². The van der Waals surface area contributed by atoms with Gasteiger partial charge in [0, 0.05) is 30.5 Å². The van der Waals surface area contributed by atoms with E-state index in [0.717, 1.165) is 30.5 Å². The zero-order valence-electron chi connectivity index (χ0n) is 14.6. The van der Waals surface area contributed by atoms with Crippen LogP contribution in [0.1, 0.15) is 30.9 Å². The standard InChI is InChI=1S/C20H23N3O2/c1-14-10-11-17(13-18(14)21-15(2)24)22-20(25)23-12-6-5-8-16-7-3-4-9-19(16)23/h3-4,7,9-11,13H,5-6,8,12H2,1-2H3,(H,21,24)(H,22,25). The molecule has 130 valence electrons. The third-order valence-corrected chi connectivity index (χ3v) is 4.40. The molecule has 1 heterocycles. The number of hydrogen-bond donors (Lipinski definition) is 2. The van der Waals surface area contributed by atoms with Crippen LogP contribution < -0.4 is 15.5 Å². The Morgan fingerprint density at radius 2 is 1.84 bits per heavy atom. The molecule has 3 rings (SSSR count). The second kappa shape index (κ2) is 7.38. The van der Waals surface area contributed by atoms with Crippen LogP contribution in [0.15, 0.2) is 42.5 Å². The molecular formula is C20H23N3O2. The first-order valence-corrected chi connectivity index (χ1v) is 8.59. The summed E-state index contributed by atoms with van der Waals surface area (Å²) in [5.41, 5.74) is 4.51. The first kappa shape index (κ1) is 17.0. The van der Waals surface area contributed by atoms with E-state index in [1.54, 1.807) is 11.0 Å². The average molecular weight is 337 g/mol. The minimum Gasteiger partial charge on any atom is -0.326 e. The number of para-hydroxylation sites is 1. The van der Waals surface area contributed by atoms with Crippen LogP contribution >= 0.6 is 0 Å². The van der Waals surface area contributed by atoms with Crippen molar-refractivity contribution in [2.24, 2.45) is 0 Å². The number of hydrogen-bond acceptors (Lipinski definition) is 2. The van der Waals surface area contributed by atoms with Crippen LogP contribution in [0.2, 0.25) is 0 Å². The number of urea groups is 1. The number of benzene rings is 2. The summed E-state index contributed by atoms with van der Waals surface area (Å²) in [5, 5.41) is 5.74. The Bertz CT molecular complexity index is 801. The monoisotopic (exact) mass is 337 g/mol. The van der Waals surface area contributed by atoms with Crippen molar-refractivity contribution in [3.63, 3.8) is 0 Å². The molecule has 1 aliphatic heterocycles. The summed E-state index contributed by atoms with van der Waals surface area (Å²) in [6, 6.07) is 13.4. The van der Waals surface area contributed by atoms with Crippen LogP contribution in [-0.2, 0) is 11.2 Å². The fourth-order valence-electron chi connectivity index (χ4n) is 3.12. The fourth-order valence-corrected chi connectivity index (χ4v) is 3.12. The molecule has 0 atom stereocenters. The van der Waals surface area contributed by atoms with Crippen LogP contribution in [0.25, 0.3) is 0 Å². The minimum atomic E-state index is -0.146. The van der Waals surface area contributed by atoms with Crippen molar-refractivity contribution in [2.45, 2.75) is 33.1 Å². The van der Waals surface area contributed by atoms with Gasteiger partial charge in [-0.05, 0) is 55.5 Å². The molecule has 5 nitrogen and oxygen atoms in total. The maximum absolute atomic E-state index is 12.8. The van der Waals surface area contributed by atoms with Gasteiger partial charge in [0.05, 0.1) is 0 Å². The normalized spacial score (nSPS) is 13.6. The summed E-state index contributed by atoms with van der Waals surface area (Å²) in [6.45, 7) is 4.09. The van der Waals surface area contributed by atoms with Crippen LogP contribution in [0.5, 0.6) is 0 Å². The number of carbonyl (C=O) groups excluding carboxylic acids is 2. The van der Waals surface area contributed by atoms with E-state index in [1.165, 1.54) is 12.5 Å². The summed E-state index contributed by atoms with van der Waals surface area (Å²) in [5.74, 6) is -0.131. The van der Waals surface area contributed by atoms with Crippen LogP contribution in [0, 0.1) is 6.92 Å². The van der Waals surface area contributed by atoms with Gasteiger partial charge in [-0.3, -0.25) is 9.69 Å². The predicted molar refractivity (Wildman–Crippen MR) is 101 cm³/mol. The van der Waals surface area contributed by atoms with E-state index in [-0.39, 0.29) is 11.9 Å². The maximum Gasteiger partial charge on any atom is 0.326 e. The molecule has 2 aromatic rings. The summed E-state index contributed by atoms with van der Waals surface area (Å²) in [6.07, 6.45) is 3.06. The third kappa shape index (κ3) is 3.99. The molecule has 0 aromatic heterocycles. The van der Waals surface area contributed by atoms with Crippen molar-refractivity contribution in [3.05, 3.63) is 53.6 Å². The second-order valence-corrected chi connectivity index (χ2v) is 6.38. The van der Waals surface area contributed by atoms with Crippen LogP contribution in [0.4, 0.5) is 21.9 Å². The van der Waals surface area contributed by atoms with Gasteiger partial charge in [-0.2, -0.15) is 0 Å². The van der Waals surface area contributed by atoms with E-state index in [9.17, 15) is 9.59 Å². The lowest BCUT2D eigenvalue weighted by atomic mass is 10.1. The Kier molecular flexibility index (Phi) is 5.03. The second-order valence-electron chi connectivity index (χ2n) is 6.38. The topological polar surface area (TPSA) is 61.4 Å². The predicted octanol–water partition coefficient (Wildman–Crippen LogP) is 4.33. The first-order chi connectivity index (χ1) is 12.0. The summed E-state index contributed by atoms with van der Waals surface area (Å²) in [4.78, 5) is 25.9. The lowest BCUT2D eigenvalue weighted by Gasteiger charge is -2.23. The summed E-state index contributed by atoms with van der Waals surface area (Å²) < 4.78 is 0. The highest BCUT2D eigenvalue weighted by Crippen LogP contribution is 2.27. The molecule has 0 spiro atoms. The van der Waals surface area contributed by atoms with Crippen molar-refractivity contribution in [2.75, 3.05) is 22.1 Å². The number of fused-ring (bicyclic) bond motifs is 1. The number of nitrogens with zero attached hydrogens (tertiary/aromatic N) is 1. The SMILES string of the molecule is CC(=O)Nc1cc(NC(=O)N2CCCCc3ccccc32)ccc1C. The Morgan fingerprint density at radius 3 is 2.64 bits per heavy atom. The average Bonchev–Trinajstić information content (AvgIpc) is 2.80. The molecule has 2 N–H and O–H groups in total. The van der Waals surface area contributed by atoms with Gasteiger partial charge < -0.3 is 10.6 Å². The molecule has 0 aliphatic carbocycles. The first-order valence-electron chi connectivity index (χ1n) is 8.59. The Morgan fingerprint density at radius 1 is 1.04 bits per heavy atom.